The summed E-state index contributed by atoms with van der Waals surface area (Å²) in [5.74, 6) is -0.192. The molecule has 0 amide bonds. The molecule has 1 aliphatic rings. The molecule has 0 saturated heterocycles. The van der Waals surface area contributed by atoms with Gasteiger partial charge >= 0.3 is 0 Å². The third kappa shape index (κ3) is 2.02. The van der Waals surface area contributed by atoms with Gasteiger partial charge in [-0.15, -0.1) is 0 Å². The molecule has 2 heteroatoms. The monoisotopic (exact) mass is 191 g/mol. The lowest BCUT2D eigenvalue weighted by molar-refractivity contribution is 0.627. The summed E-state index contributed by atoms with van der Waals surface area (Å²) in [6, 6.07) is 6.50. The fourth-order valence-electron chi connectivity index (χ4n) is 1.45. The first kappa shape index (κ1) is 9.41. The fraction of sp³-hybridized carbons (Fsp3) is 0.333. The molecule has 0 heterocycles. The molecule has 0 radical (unpaired) electrons. The van der Waals surface area contributed by atoms with E-state index in [-0.39, 0.29) is 11.2 Å². The molecular formula is C12H14FN. The van der Waals surface area contributed by atoms with Crippen LogP contribution in [0.15, 0.2) is 30.3 Å². The van der Waals surface area contributed by atoms with E-state index in [9.17, 15) is 4.39 Å². The minimum Gasteiger partial charge on any atom is -0.330 e. The van der Waals surface area contributed by atoms with Gasteiger partial charge in [0.2, 0.25) is 0 Å². The highest BCUT2D eigenvalue weighted by atomic mass is 19.1. The van der Waals surface area contributed by atoms with Crippen LogP contribution in [0.1, 0.15) is 18.4 Å². The second-order valence-corrected chi connectivity index (χ2v) is 3.95. The molecule has 1 fully saturated rings. The van der Waals surface area contributed by atoms with E-state index in [4.69, 9.17) is 5.73 Å². The zero-order valence-electron chi connectivity index (χ0n) is 8.04. The first-order valence-corrected chi connectivity index (χ1v) is 4.89. The molecule has 0 aliphatic heterocycles. The topological polar surface area (TPSA) is 26.0 Å². The molecule has 74 valence electrons. The third-order valence-corrected chi connectivity index (χ3v) is 2.80. The molecule has 14 heavy (non-hydrogen) atoms. The lowest BCUT2D eigenvalue weighted by Gasteiger charge is -2.03. The number of benzene rings is 1. The van der Waals surface area contributed by atoms with Crippen molar-refractivity contribution in [2.75, 3.05) is 6.54 Å². The average Bonchev–Trinajstić information content (AvgIpc) is 2.98. The van der Waals surface area contributed by atoms with Crippen LogP contribution < -0.4 is 5.73 Å². The van der Waals surface area contributed by atoms with Gasteiger partial charge < -0.3 is 5.73 Å². The highest BCUT2D eigenvalue weighted by Gasteiger charge is 2.38. The van der Waals surface area contributed by atoms with Gasteiger partial charge in [-0.2, -0.15) is 0 Å². The molecule has 1 nitrogen and oxygen atoms in total. The maximum absolute atomic E-state index is 12.6. The van der Waals surface area contributed by atoms with Crippen LogP contribution in [-0.2, 0) is 0 Å². The molecule has 0 aromatic heterocycles. The maximum Gasteiger partial charge on any atom is 0.123 e. The summed E-state index contributed by atoms with van der Waals surface area (Å²) in [7, 11) is 0. The van der Waals surface area contributed by atoms with Gasteiger partial charge in [0.25, 0.3) is 0 Å². The van der Waals surface area contributed by atoms with E-state index in [0.717, 1.165) is 5.56 Å². The van der Waals surface area contributed by atoms with E-state index in [2.05, 4.69) is 6.08 Å². The summed E-state index contributed by atoms with van der Waals surface area (Å²) in [6.07, 6.45) is 6.54. The van der Waals surface area contributed by atoms with Crippen molar-refractivity contribution in [3.05, 3.63) is 41.7 Å². The molecule has 0 atom stereocenters. The minimum atomic E-state index is -0.192. The summed E-state index contributed by atoms with van der Waals surface area (Å²) in [4.78, 5) is 0. The molecule has 2 rings (SSSR count). The van der Waals surface area contributed by atoms with Crippen molar-refractivity contribution in [2.45, 2.75) is 12.8 Å². The van der Waals surface area contributed by atoms with Gasteiger partial charge in [-0.05, 0) is 30.5 Å². The van der Waals surface area contributed by atoms with Gasteiger partial charge in [0.05, 0.1) is 0 Å². The molecule has 1 aromatic carbocycles. The molecule has 1 aliphatic carbocycles. The van der Waals surface area contributed by atoms with E-state index in [1.807, 2.05) is 6.08 Å². The van der Waals surface area contributed by atoms with Crippen LogP contribution in [0.2, 0.25) is 0 Å². The van der Waals surface area contributed by atoms with E-state index >= 15 is 0 Å². The highest BCUT2D eigenvalue weighted by Crippen LogP contribution is 2.46. The zero-order chi connectivity index (χ0) is 10.0. The fourth-order valence-corrected chi connectivity index (χ4v) is 1.45. The van der Waals surface area contributed by atoms with Gasteiger partial charge in [-0.3, -0.25) is 0 Å². The number of nitrogens with two attached hydrogens (primary N) is 1. The van der Waals surface area contributed by atoms with E-state index < -0.39 is 0 Å². The highest BCUT2D eigenvalue weighted by molar-refractivity contribution is 5.50. The molecule has 2 N–H and O–H groups in total. The Balaban J connectivity index is 2.07. The predicted octanol–water partition coefficient (Wildman–Crippen LogP) is 2.58. The number of rotatable bonds is 3. The van der Waals surface area contributed by atoms with Gasteiger partial charge in [0.15, 0.2) is 0 Å². The summed E-state index contributed by atoms with van der Waals surface area (Å²) < 4.78 is 12.6. The molecule has 0 unspecified atom stereocenters. The van der Waals surface area contributed by atoms with E-state index in [1.54, 1.807) is 12.1 Å². The quantitative estimate of drug-likeness (QED) is 0.780. The Hall–Kier alpha value is -1.15. The van der Waals surface area contributed by atoms with E-state index in [1.165, 1.54) is 25.0 Å². The van der Waals surface area contributed by atoms with Crippen LogP contribution >= 0.6 is 0 Å². The van der Waals surface area contributed by atoms with E-state index in [0.29, 0.717) is 6.54 Å². The van der Waals surface area contributed by atoms with Crippen molar-refractivity contribution in [2.24, 2.45) is 11.1 Å². The molecule has 0 spiro atoms. The number of halogens is 1. The summed E-state index contributed by atoms with van der Waals surface area (Å²) in [6.45, 7) is 0.713. The summed E-state index contributed by atoms with van der Waals surface area (Å²) in [5, 5.41) is 0. The third-order valence-electron chi connectivity index (χ3n) is 2.80. The Morgan fingerprint density at radius 1 is 1.29 bits per heavy atom. The van der Waals surface area contributed by atoms with Crippen molar-refractivity contribution in [3.8, 4) is 0 Å². The van der Waals surface area contributed by atoms with Crippen LogP contribution in [-0.4, -0.2) is 6.54 Å². The summed E-state index contributed by atoms with van der Waals surface area (Å²) in [5.41, 5.74) is 6.92. The maximum atomic E-state index is 12.6. The van der Waals surface area contributed by atoms with Crippen LogP contribution in [0.3, 0.4) is 0 Å². The van der Waals surface area contributed by atoms with Crippen LogP contribution in [0.25, 0.3) is 6.08 Å². The molecule has 1 aromatic rings. The molecule has 1 saturated carbocycles. The number of hydrogen-bond acceptors (Lipinski definition) is 1. The van der Waals surface area contributed by atoms with Gasteiger partial charge in [0.1, 0.15) is 5.82 Å². The van der Waals surface area contributed by atoms with Crippen LogP contribution in [0.4, 0.5) is 4.39 Å². The van der Waals surface area contributed by atoms with Crippen LogP contribution in [0, 0.1) is 11.2 Å². The zero-order valence-corrected chi connectivity index (χ0v) is 8.04. The van der Waals surface area contributed by atoms with Crippen molar-refractivity contribution >= 4 is 6.08 Å². The second-order valence-electron chi connectivity index (χ2n) is 3.95. The van der Waals surface area contributed by atoms with Crippen LogP contribution in [0.5, 0.6) is 0 Å². The normalized spacial score (nSPS) is 18.7. The molecular weight excluding hydrogens is 177 g/mol. The van der Waals surface area contributed by atoms with Gasteiger partial charge in [0, 0.05) is 12.0 Å². The second kappa shape index (κ2) is 3.54. The minimum absolute atomic E-state index is 0.192. The predicted molar refractivity (Wildman–Crippen MR) is 56.2 cm³/mol. The Kier molecular flexibility index (Phi) is 2.38. The first-order chi connectivity index (χ1) is 6.74. The lowest BCUT2D eigenvalue weighted by atomic mass is 10.1. The van der Waals surface area contributed by atoms with Crippen molar-refractivity contribution < 1.29 is 4.39 Å². The van der Waals surface area contributed by atoms with Gasteiger partial charge in [-0.25, -0.2) is 4.39 Å². The lowest BCUT2D eigenvalue weighted by Crippen LogP contribution is -2.12. The Morgan fingerprint density at radius 3 is 2.43 bits per heavy atom. The first-order valence-electron chi connectivity index (χ1n) is 4.89. The largest absolute Gasteiger partial charge is 0.330 e. The Bertz CT molecular complexity index is 336. The van der Waals surface area contributed by atoms with Crippen molar-refractivity contribution in [1.29, 1.82) is 0 Å². The Labute approximate surface area is 83.4 Å². The number of hydrogen-bond donors (Lipinski definition) is 1. The van der Waals surface area contributed by atoms with Crippen molar-refractivity contribution in [3.63, 3.8) is 0 Å². The van der Waals surface area contributed by atoms with Gasteiger partial charge in [-0.1, -0.05) is 24.3 Å². The molecule has 0 bridgehead atoms. The standard InChI is InChI=1S/C12H14FN/c13-11-3-1-10(2-4-11)5-6-12(9-14)7-8-12/h1-6H,7-9,14H2/b6-5+. The Morgan fingerprint density at radius 2 is 1.93 bits per heavy atom. The average molecular weight is 191 g/mol. The SMILES string of the molecule is NCC1(/C=C/c2ccc(F)cc2)CC1. The van der Waals surface area contributed by atoms with Crippen molar-refractivity contribution in [1.82, 2.24) is 0 Å². The smallest absolute Gasteiger partial charge is 0.123 e. The summed E-state index contributed by atoms with van der Waals surface area (Å²) >= 11 is 0.